The summed E-state index contributed by atoms with van der Waals surface area (Å²) in [4.78, 5) is 33.7. The van der Waals surface area contributed by atoms with Gasteiger partial charge in [0.25, 0.3) is 0 Å². The number of carboxylic acids is 1. The quantitative estimate of drug-likeness (QED) is 0.687. The number of hydrogen-bond donors (Lipinski definition) is 1. The van der Waals surface area contributed by atoms with Gasteiger partial charge in [-0.15, -0.1) is 0 Å². The molecule has 1 aliphatic rings. The van der Waals surface area contributed by atoms with Crippen LogP contribution in [0.4, 0.5) is 0 Å². The van der Waals surface area contributed by atoms with Gasteiger partial charge in [-0.2, -0.15) is 0 Å². The molecule has 0 aromatic rings. The van der Waals surface area contributed by atoms with Crippen LogP contribution in [-0.2, 0) is 14.4 Å². The van der Waals surface area contributed by atoms with Gasteiger partial charge in [-0.25, -0.2) is 0 Å². The van der Waals surface area contributed by atoms with Gasteiger partial charge >= 0.3 is 5.97 Å². The summed E-state index contributed by atoms with van der Waals surface area (Å²) in [6.07, 6.45) is 1.60. The fourth-order valence-corrected chi connectivity index (χ4v) is 1.93. The minimum absolute atomic E-state index is 0.199. The Bertz CT molecular complexity index is 253. The van der Waals surface area contributed by atoms with E-state index < -0.39 is 17.8 Å². The van der Waals surface area contributed by atoms with Gasteiger partial charge in [0.05, 0.1) is 11.8 Å². The van der Waals surface area contributed by atoms with Gasteiger partial charge in [0, 0.05) is 12.8 Å². The number of carbonyl (C=O) groups is 3. The minimum atomic E-state index is -1.04. The average Bonchev–Trinajstić information content (AvgIpc) is 2.10. The van der Waals surface area contributed by atoms with Crippen LogP contribution in [0, 0.1) is 11.8 Å². The molecule has 4 heteroatoms. The van der Waals surface area contributed by atoms with Crippen LogP contribution in [0.1, 0.15) is 32.6 Å². The molecule has 1 N–H and O–H groups in total. The van der Waals surface area contributed by atoms with E-state index in [0.29, 0.717) is 25.7 Å². The molecule has 0 bridgehead atoms. The van der Waals surface area contributed by atoms with Crippen LogP contribution in [0.5, 0.6) is 0 Å². The van der Waals surface area contributed by atoms with Crippen LogP contribution in [0.25, 0.3) is 0 Å². The maximum absolute atomic E-state index is 11.4. The number of ketones is 2. The summed E-state index contributed by atoms with van der Waals surface area (Å²) in [6.45, 7) is 1.69. The van der Waals surface area contributed by atoms with Crippen molar-refractivity contribution in [2.24, 2.45) is 11.8 Å². The monoisotopic (exact) mass is 198 g/mol. The van der Waals surface area contributed by atoms with Crippen LogP contribution in [0.3, 0.4) is 0 Å². The topological polar surface area (TPSA) is 71.4 Å². The molecule has 14 heavy (non-hydrogen) atoms. The predicted octanol–water partition coefficient (Wildman–Crippen LogP) is 1.04. The van der Waals surface area contributed by atoms with Gasteiger partial charge in [-0.05, 0) is 12.8 Å². The van der Waals surface area contributed by atoms with E-state index in [1.807, 2.05) is 0 Å². The van der Waals surface area contributed by atoms with E-state index in [0.717, 1.165) is 0 Å². The van der Waals surface area contributed by atoms with E-state index >= 15 is 0 Å². The molecule has 1 aliphatic carbocycles. The van der Waals surface area contributed by atoms with Crippen molar-refractivity contribution in [1.29, 1.82) is 0 Å². The number of rotatable bonds is 3. The molecule has 1 fully saturated rings. The zero-order valence-corrected chi connectivity index (χ0v) is 8.16. The first-order valence-electron chi connectivity index (χ1n) is 4.86. The Balaban J connectivity index is 2.85. The smallest absolute Gasteiger partial charge is 0.307 e. The maximum Gasteiger partial charge on any atom is 0.307 e. The molecular weight excluding hydrogens is 184 g/mol. The molecule has 0 amide bonds. The molecule has 1 rings (SSSR count). The van der Waals surface area contributed by atoms with Gasteiger partial charge in [0.15, 0.2) is 0 Å². The fourth-order valence-electron chi connectivity index (χ4n) is 1.93. The first kappa shape index (κ1) is 10.9. The summed E-state index contributed by atoms with van der Waals surface area (Å²) < 4.78 is 0. The van der Waals surface area contributed by atoms with Crippen LogP contribution < -0.4 is 0 Å². The first-order valence-corrected chi connectivity index (χ1v) is 4.86. The molecule has 4 nitrogen and oxygen atoms in total. The summed E-state index contributed by atoms with van der Waals surface area (Å²) in [6, 6.07) is 0. The van der Waals surface area contributed by atoms with Crippen LogP contribution >= 0.6 is 0 Å². The van der Waals surface area contributed by atoms with Gasteiger partial charge in [-0.3, -0.25) is 14.4 Å². The second kappa shape index (κ2) is 4.35. The van der Waals surface area contributed by atoms with E-state index in [4.69, 9.17) is 5.11 Å². The van der Waals surface area contributed by atoms with Gasteiger partial charge in [-0.1, -0.05) is 6.92 Å². The third kappa shape index (κ3) is 2.00. The molecule has 1 saturated carbocycles. The van der Waals surface area contributed by atoms with E-state index in [1.54, 1.807) is 6.92 Å². The summed E-state index contributed by atoms with van der Waals surface area (Å²) in [7, 11) is 0. The third-order valence-corrected chi connectivity index (χ3v) is 2.70. The Kier molecular flexibility index (Phi) is 3.38. The lowest BCUT2D eigenvalue weighted by molar-refractivity contribution is -0.152. The zero-order chi connectivity index (χ0) is 10.7. The van der Waals surface area contributed by atoms with E-state index in [9.17, 15) is 14.4 Å². The second-order valence-corrected chi connectivity index (χ2v) is 3.62. The summed E-state index contributed by atoms with van der Waals surface area (Å²) in [5, 5.41) is 8.86. The molecule has 0 spiro atoms. The highest BCUT2D eigenvalue weighted by Crippen LogP contribution is 2.26. The standard InChI is InChI=1S/C10H14O4/c1-2-6(10(13)14)9-7(11)4-3-5-8(9)12/h6,9H,2-5H2,1H3,(H,13,14). The summed E-state index contributed by atoms with van der Waals surface area (Å²) >= 11 is 0. The number of aliphatic carboxylic acids is 1. The molecule has 0 aliphatic heterocycles. The number of carbonyl (C=O) groups excluding carboxylic acids is 2. The summed E-state index contributed by atoms with van der Waals surface area (Å²) in [5.41, 5.74) is 0. The molecule has 0 heterocycles. The van der Waals surface area contributed by atoms with Crippen LogP contribution in [-0.4, -0.2) is 22.6 Å². The molecule has 1 unspecified atom stereocenters. The highest BCUT2D eigenvalue weighted by molar-refractivity contribution is 6.07. The van der Waals surface area contributed by atoms with Crippen LogP contribution in [0.2, 0.25) is 0 Å². The predicted molar refractivity (Wildman–Crippen MR) is 48.8 cm³/mol. The van der Waals surface area contributed by atoms with Crippen molar-refractivity contribution in [3.8, 4) is 0 Å². The number of carboxylic acid groups (broad SMARTS) is 1. The van der Waals surface area contributed by atoms with Crippen molar-refractivity contribution in [1.82, 2.24) is 0 Å². The lowest BCUT2D eigenvalue weighted by Crippen LogP contribution is -2.38. The lowest BCUT2D eigenvalue weighted by atomic mass is 9.77. The Hall–Kier alpha value is -1.19. The average molecular weight is 198 g/mol. The largest absolute Gasteiger partial charge is 0.481 e. The van der Waals surface area contributed by atoms with Crippen LogP contribution in [0.15, 0.2) is 0 Å². The SMILES string of the molecule is CCC(C(=O)O)C1C(=O)CCCC1=O. The van der Waals surface area contributed by atoms with Crippen molar-refractivity contribution in [2.45, 2.75) is 32.6 Å². The Labute approximate surface area is 82.3 Å². The maximum atomic E-state index is 11.4. The first-order chi connectivity index (χ1) is 6.57. The number of Topliss-reactive ketones (excluding diaryl/α,β-unsaturated/α-hetero) is 2. The Morgan fingerprint density at radius 3 is 2.29 bits per heavy atom. The number of hydrogen-bond acceptors (Lipinski definition) is 3. The molecule has 0 saturated heterocycles. The van der Waals surface area contributed by atoms with Gasteiger partial charge < -0.3 is 5.11 Å². The molecule has 78 valence electrons. The zero-order valence-electron chi connectivity index (χ0n) is 8.16. The second-order valence-electron chi connectivity index (χ2n) is 3.62. The van der Waals surface area contributed by atoms with Crippen molar-refractivity contribution >= 4 is 17.5 Å². The highest BCUT2D eigenvalue weighted by atomic mass is 16.4. The van der Waals surface area contributed by atoms with Crippen molar-refractivity contribution < 1.29 is 19.5 Å². The van der Waals surface area contributed by atoms with E-state index in [1.165, 1.54) is 0 Å². The fraction of sp³-hybridized carbons (Fsp3) is 0.700. The molecule has 0 radical (unpaired) electrons. The molecule has 0 aromatic carbocycles. The van der Waals surface area contributed by atoms with E-state index in [2.05, 4.69) is 0 Å². The van der Waals surface area contributed by atoms with Gasteiger partial charge in [0.2, 0.25) is 0 Å². The minimum Gasteiger partial charge on any atom is -0.481 e. The highest BCUT2D eigenvalue weighted by Gasteiger charge is 2.39. The summed E-state index contributed by atoms with van der Waals surface area (Å²) in [5.74, 6) is -3.14. The van der Waals surface area contributed by atoms with Gasteiger partial charge in [0.1, 0.15) is 11.6 Å². The Morgan fingerprint density at radius 1 is 1.43 bits per heavy atom. The Morgan fingerprint density at radius 2 is 1.93 bits per heavy atom. The molecule has 1 atom stereocenters. The van der Waals surface area contributed by atoms with Crippen molar-refractivity contribution in [3.05, 3.63) is 0 Å². The molecular formula is C10H14O4. The molecule has 0 aromatic heterocycles. The van der Waals surface area contributed by atoms with E-state index in [-0.39, 0.29) is 11.6 Å². The van der Waals surface area contributed by atoms with Crippen molar-refractivity contribution in [3.63, 3.8) is 0 Å². The third-order valence-electron chi connectivity index (χ3n) is 2.70. The van der Waals surface area contributed by atoms with Crippen molar-refractivity contribution in [2.75, 3.05) is 0 Å². The lowest BCUT2D eigenvalue weighted by Gasteiger charge is -2.23. The normalized spacial score (nSPS) is 20.9.